The molecule has 0 saturated carbocycles. The molecular weight excluding hydrogens is 361 g/mol. The Morgan fingerprint density at radius 1 is 1.39 bits per heavy atom. The first-order valence-corrected chi connectivity index (χ1v) is 7.39. The molecule has 1 aromatic carbocycles. The molecular formula is C15H26Cl3N3O2. The van der Waals surface area contributed by atoms with Gasteiger partial charge >= 0.3 is 0 Å². The molecule has 0 radical (unpaired) electrons. The number of amides is 1. The van der Waals surface area contributed by atoms with Gasteiger partial charge in [0.2, 0.25) is 5.91 Å². The lowest BCUT2D eigenvalue weighted by atomic mass is 10.2. The van der Waals surface area contributed by atoms with Crippen LogP contribution in [0.5, 0.6) is 5.75 Å². The smallest absolute Gasteiger partial charge is 0.224 e. The van der Waals surface area contributed by atoms with Crippen molar-refractivity contribution in [2.75, 3.05) is 32.6 Å². The molecule has 0 bridgehead atoms. The summed E-state index contributed by atoms with van der Waals surface area (Å²) in [5.74, 6) is 0.553. The van der Waals surface area contributed by atoms with Crippen LogP contribution in [0.4, 0.5) is 5.69 Å². The number of hydrogen-bond donors (Lipinski definition) is 2. The Hall–Kier alpha value is -0.720. The normalized spacial score (nSPS) is 11.2. The first-order valence-electron chi connectivity index (χ1n) is 7.01. The Morgan fingerprint density at radius 2 is 2.04 bits per heavy atom. The van der Waals surface area contributed by atoms with Crippen molar-refractivity contribution in [2.45, 2.75) is 25.8 Å². The molecule has 0 aliphatic carbocycles. The van der Waals surface area contributed by atoms with E-state index in [1.165, 1.54) is 0 Å². The van der Waals surface area contributed by atoms with Crippen LogP contribution in [0.15, 0.2) is 18.2 Å². The molecule has 1 amide bonds. The second-order valence-electron chi connectivity index (χ2n) is 5.36. The van der Waals surface area contributed by atoms with Gasteiger partial charge in [-0.1, -0.05) is 11.6 Å². The van der Waals surface area contributed by atoms with Crippen molar-refractivity contribution in [3.8, 4) is 5.75 Å². The highest BCUT2D eigenvalue weighted by Crippen LogP contribution is 2.27. The molecule has 23 heavy (non-hydrogen) atoms. The molecule has 0 aromatic heterocycles. The molecule has 1 rings (SSSR count). The number of nitrogens with one attached hydrogen (secondary N) is 1. The topological polar surface area (TPSA) is 67.6 Å². The number of nitrogens with zero attached hydrogens (tertiary/aromatic N) is 1. The van der Waals surface area contributed by atoms with E-state index in [1.54, 1.807) is 18.2 Å². The Kier molecular flexibility index (Phi) is 13.5. The van der Waals surface area contributed by atoms with Gasteiger partial charge in [0, 0.05) is 24.7 Å². The maximum absolute atomic E-state index is 11.7. The summed E-state index contributed by atoms with van der Waals surface area (Å²) in [5.41, 5.74) is 6.29. The molecule has 3 N–H and O–H groups in total. The van der Waals surface area contributed by atoms with Crippen LogP contribution in [-0.4, -0.2) is 44.1 Å². The molecule has 0 heterocycles. The van der Waals surface area contributed by atoms with Crippen LogP contribution in [0.1, 0.15) is 19.8 Å². The lowest BCUT2D eigenvalue weighted by Crippen LogP contribution is -2.20. The fraction of sp³-hybridized carbons (Fsp3) is 0.533. The molecule has 8 heteroatoms. The molecule has 1 unspecified atom stereocenters. The van der Waals surface area contributed by atoms with E-state index in [0.29, 0.717) is 35.9 Å². The molecule has 0 fully saturated rings. The third-order valence-electron chi connectivity index (χ3n) is 2.84. The predicted octanol–water partition coefficient (Wildman–Crippen LogP) is 3.19. The number of carbonyl (C=O) groups excluding carboxylic acids is 1. The molecule has 0 spiro atoms. The van der Waals surface area contributed by atoms with Crippen molar-refractivity contribution < 1.29 is 9.53 Å². The van der Waals surface area contributed by atoms with Crippen LogP contribution >= 0.6 is 36.4 Å². The highest BCUT2D eigenvalue weighted by molar-refractivity contribution is 6.32. The Morgan fingerprint density at radius 3 is 2.57 bits per heavy atom. The molecule has 0 saturated heterocycles. The highest BCUT2D eigenvalue weighted by Gasteiger charge is 2.07. The lowest BCUT2D eigenvalue weighted by Gasteiger charge is -2.13. The molecule has 1 aromatic rings. The quantitative estimate of drug-likeness (QED) is 0.720. The number of likely N-dealkylation sites (N-methyl/N-ethyl adjacent to an activating group) is 1. The van der Waals surface area contributed by atoms with E-state index in [4.69, 9.17) is 22.1 Å². The fourth-order valence-electron chi connectivity index (χ4n) is 1.62. The van der Waals surface area contributed by atoms with Gasteiger partial charge in [-0.2, -0.15) is 0 Å². The van der Waals surface area contributed by atoms with Gasteiger partial charge in [-0.25, -0.2) is 0 Å². The molecule has 5 nitrogen and oxygen atoms in total. The summed E-state index contributed by atoms with van der Waals surface area (Å²) < 4.78 is 5.58. The van der Waals surface area contributed by atoms with Crippen molar-refractivity contribution in [2.24, 2.45) is 5.73 Å². The van der Waals surface area contributed by atoms with Crippen LogP contribution in [0.25, 0.3) is 0 Å². The second kappa shape index (κ2) is 12.7. The van der Waals surface area contributed by atoms with Gasteiger partial charge in [-0.05, 0) is 45.6 Å². The maximum Gasteiger partial charge on any atom is 0.224 e. The molecule has 0 aliphatic rings. The van der Waals surface area contributed by atoms with Crippen molar-refractivity contribution >= 4 is 48.0 Å². The molecule has 0 aliphatic heterocycles. The Balaban J connectivity index is 0. The number of benzene rings is 1. The van der Waals surface area contributed by atoms with Gasteiger partial charge in [0.15, 0.2) is 0 Å². The van der Waals surface area contributed by atoms with Crippen molar-refractivity contribution in [1.29, 1.82) is 0 Å². The number of halogens is 3. The maximum atomic E-state index is 11.7. The number of hydrogen-bond acceptors (Lipinski definition) is 4. The van der Waals surface area contributed by atoms with E-state index in [9.17, 15) is 4.79 Å². The second-order valence-corrected chi connectivity index (χ2v) is 5.77. The van der Waals surface area contributed by atoms with E-state index in [2.05, 4.69) is 5.32 Å². The van der Waals surface area contributed by atoms with Crippen molar-refractivity contribution in [3.05, 3.63) is 23.2 Å². The van der Waals surface area contributed by atoms with Crippen molar-refractivity contribution in [1.82, 2.24) is 4.90 Å². The van der Waals surface area contributed by atoms with E-state index >= 15 is 0 Å². The standard InChI is InChI=1S/C15H24ClN3O2.2ClH/c1-11(17)4-7-15(20)18-12-5-6-14(13(16)10-12)21-9-8-19(2)3;;/h5-6,10-11H,4,7-9,17H2,1-3H3,(H,18,20);2*1H. The summed E-state index contributed by atoms with van der Waals surface area (Å²) in [6.07, 6.45) is 1.06. The highest BCUT2D eigenvalue weighted by atomic mass is 35.5. The van der Waals surface area contributed by atoms with Gasteiger partial charge in [0.25, 0.3) is 0 Å². The monoisotopic (exact) mass is 385 g/mol. The first-order chi connectivity index (χ1) is 9.88. The summed E-state index contributed by atoms with van der Waals surface area (Å²) in [7, 11) is 3.96. The van der Waals surface area contributed by atoms with E-state index < -0.39 is 0 Å². The zero-order valence-corrected chi connectivity index (χ0v) is 16.1. The van der Waals surface area contributed by atoms with E-state index in [0.717, 1.165) is 6.54 Å². The number of nitrogens with two attached hydrogens (primary N) is 1. The molecule has 1 atom stereocenters. The summed E-state index contributed by atoms with van der Waals surface area (Å²) in [4.78, 5) is 13.7. The van der Waals surface area contributed by atoms with Gasteiger partial charge in [0.05, 0.1) is 5.02 Å². The van der Waals surface area contributed by atoms with Crippen LogP contribution in [0.2, 0.25) is 5.02 Å². The SMILES string of the molecule is CC(N)CCC(=O)Nc1ccc(OCCN(C)C)c(Cl)c1.Cl.Cl. The van der Waals surface area contributed by atoms with Crippen LogP contribution < -0.4 is 15.8 Å². The Labute approximate surface area is 155 Å². The lowest BCUT2D eigenvalue weighted by molar-refractivity contribution is -0.116. The summed E-state index contributed by atoms with van der Waals surface area (Å²) in [6, 6.07) is 5.25. The Bertz CT molecular complexity index is 471. The number of anilines is 1. The average molecular weight is 387 g/mol. The third kappa shape index (κ3) is 10.6. The minimum absolute atomic E-state index is 0. The van der Waals surface area contributed by atoms with E-state index in [-0.39, 0.29) is 36.8 Å². The third-order valence-corrected chi connectivity index (χ3v) is 3.13. The summed E-state index contributed by atoms with van der Waals surface area (Å²) in [5, 5.41) is 3.28. The zero-order chi connectivity index (χ0) is 15.8. The average Bonchev–Trinajstić information content (AvgIpc) is 2.38. The van der Waals surface area contributed by atoms with Gasteiger partial charge < -0.3 is 20.7 Å². The minimum Gasteiger partial charge on any atom is -0.491 e. The number of rotatable bonds is 8. The van der Waals surface area contributed by atoms with Gasteiger partial charge in [-0.15, -0.1) is 24.8 Å². The summed E-state index contributed by atoms with van der Waals surface area (Å²) >= 11 is 6.15. The fourth-order valence-corrected chi connectivity index (χ4v) is 1.85. The van der Waals surface area contributed by atoms with Gasteiger partial charge in [-0.3, -0.25) is 4.79 Å². The number of ether oxygens (including phenoxy) is 1. The first kappa shape index (κ1) is 24.5. The van der Waals surface area contributed by atoms with Crippen LogP contribution in [0, 0.1) is 0 Å². The summed E-state index contributed by atoms with van der Waals surface area (Å²) in [6.45, 7) is 3.25. The van der Waals surface area contributed by atoms with Crippen molar-refractivity contribution in [3.63, 3.8) is 0 Å². The molecule has 134 valence electrons. The van der Waals surface area contributed by atoms with Crippen LogP contribution in [-0.2, 0) is 4.79 Å². The number of carbonyl (C=O) groups is 1. The zero-order valence-electron chi connectivity index (χ0n) is 13.7. The van der Waals surface area contributed by atoms with Gasteiger partial charge in [0.1, 0.15) is 12.4 Å². The van der Waals surface area contributed by atoms with E-state index in [1.807, 2.05) is 25.9 Å². The minimum atomic E-state index is -0.0651. The predicted molar refractivity (Wildman–Crippen MR) is 102 cm³/mol. The van der Waals surface area contributed by atoms with Crippen LogP contribution in [0.3, 0.4) is 0 Å². The largest absolute Gasteiger partial charge is 0.491 e.